The molecule has 0 unspecified atom stereocenters. The van der Waals surface area contributed by atoms with Crippen LogP contribution in [0.15, 0.2) is 48.8 Å². The minimum absolute atomic E-state index is 0.396. The highest BCUT2D eigenvalue weighted by atomic mass is 15.4. The minimum atomic E-state index is 0.396. The topological polar surface area (TPSA) is 55.6 Å². The maximum Gasteiger partial charge on any atom is 0.181 e. The molecule has 3 aromatic rings. The fourth-order valence-corrected chi connectivity index (χ4v) is 3.05. The fraction of sp³-hybridized carbons (Fsp3) is 0.278. The van der Waals surface area contributed by atoms with E-state index in [-0.39, 0.29) is 0 Å². The molecule has 1 aliphatic rings. The molecule has 3 heterocycles. The lowest BCUT2D eigenvalue weighted by molar-refractivity contribution is 0.662. The average Bonchev–Trinajstić information content (AvgIpc) is 3.25. The number of benzene rings is 1. The Morgan fingerprint density at radius 3 is 2.78 bits per heavy atom. The highest BCUT2D eigenvalue weighted by Gasteiger charge is 2.25. The molecule has 4 rings (SSSR count). The number of hydrogen-bond acceptors (Lipinski definition) is 4. The Labute approximate surface area is 135 Å². The van der Waals surface area contributed by atoms with Crippen LogP contribution in [0.4, 0.5) is 0 Å². The summed E-state index contributed by atoms with van der Waals surface area (Å²) in [5, 5.41) is 8.23. The van der Waals surface area contributed by atoms with Gasteiger partial charge in [-0.25, -0.2) is 9.67 Å². The zero-order chi connectivity index (χ0) is 15.6. The maximum atomic E-state index is 4.87. The zero-order valence-electron chi connectivity index (χ0n) is 13.1. The Bertz CT molecular complexity index is 803. The summed E-state index contributed by atoms with van der Waals surface area (Å²) < 4.78 is 2.00. The van der Waals surface area contributed by atoms with Crippen molar-refractivity contribution in [2.24, 2.45) is 0 Å². The van der Waals surface area contributed by atoms with Gasteiger partial charge in [-0.1, -0.05) is 30.3 Å². The predicted octanol–water partition coefficient (Wildman–Crippen LogP) is 2.71. The van der Waals surface area contributed by atoms with Crippen LogP contribution in [-0.4, -0.2) is 32.8 Å². The SMILES string of the molecule is Cc1cnccc1-n1nc(-c2ccccc2)nc1[C@H]1CCNC1. The molecule has 1 atom stereocenters. The van der Waals surface area contributed by atoms with E-state index in [9.17, 15) is 0 Å². The molecule has 116 valence electrons. The van der Waals surface area contributed by atoms with Crippen molar-refractivity contribution < 1.29 is 0 Å². The third kappa shape index (κ3) is 2.64. The van der Waals surface area contributed by atoms with Gasteiger partial charge in [-0.3, -0.25) is 4.98 Å². The first-order valence-electron chi connectivity index (χ1n) is 7.97. The van der Waals surface area contributed by atoms with E-state index in [4.69, 9.17) is 10.1 Å². The van der Waals surface area contributed by atoms with Gasteiger partial charge in [0.25, 0.3) is 0 Å². The van der Waals surface area contributed by atoms with E-state index in [2.05, 4.69) is 29.4 Å². The highest BCUT2D eigenvalue weighted by molar-refractivity contribution is 5.55. The standard InChI is InChI=1S/C18H19N5/c1-13-11-19-10-8-16(13)23-18(15-7-9-20-12-15)21-17(22-23)14-5-3-2-4-6-14/h2-6,8,10-11,15,20H,7,9,12H2,1H3/t15-/m0/s1. The molecule has 1 saturated heterocycles. The van der Waals surface area contributed by atoms with Crippen LogP contribution in [0.1, 0.15) is 23.7 Å². The summed E-state index contributed by atoms with van der Waals surface area (Å²) in [5.41, 5.74) is 3.20. The van der Waals surface area contributed by atoms with Crippen molar-refractivity contribution in [1.29, 1.82) is 0 Å². The minimum Gasteiger partial charge on any atom is -0.316 e. The zero-order valence-corrected chi connectivity index (χ0v) is 13.1. The summed E-state index contributed by atoms with van der Waals surface area (Å²) in [6.07, 6.45) is 4.77. The Morgan fingerprint density at radius 2 is 2.04 bits per heavy atom. The first kappa shape index (κ1) is 14.1. The highest BCUT2D eigenvalue weighted by Crippen LogP contribution is 2.27. The van der Waals surface area contributed by atoms with Gasteiger partial charge in [0.05, 0.1) is 5.69 Å². The second-order valence-electron chi connectivity index (χ2n) is 5.92. The number of rotatable bonds is 3. The summed E-state index contributed by atoms with van der Waals surface area (Å²) in [7, 11) is 0. The van der Waals surface area contributed by atoms with Gasteiger partial charge in [0.1, 0.15) is 5.82 Å². The number of nitrogens with one attached hydrogen (secondary N) is 1. The van der Waals surface area contributed by atoms with Gasteiger partial charge >= 0.3 is 0 Å². The van der Waals surface area contributed by atoms with Crippen LogP contribution < -0.4 is 5.32 Å². The molecule has 5 nitrogen and oxygen atoms in total. The van der Waals surface area contributed by atoms with Crippen molar-refractivity contribution in [2.75, 3.05) is 13.1 Å². The number of hydrogen-bond donors (Lipinski definition) is 1. The molecule has 0 aliphatic carbocycles. The lowest BCUT2D eigenvalue weighted by Crippen LogP contribution is -2.13. The van der Waals surface area contributed by atoms with Crippen molar-refractivity contribution in [3.05, 3.63) is 60.2 Å². The maximum absolute atomic E-state index is 4.87. The molecule has 0 saturated carbocycles. The van der Waals surface area contributed by atoms with E-state index in [0.29, 0.717) is 5.92 Å². The molecule has 2 aromatic heterocycles. The molecule has 0 bridgehead atoms. The lowest BCUT2D eigenvalue weighted by atomic mass is 10.1. The van der Waals surface area contributed by atoms with E-state index in [1.807, 2.05) is 41.3 Å². The third-order valence-corrected chi connectivity index (χ3v) is 4.31. The Morgan fingerprint density at radius 1 is 1.17 bits per heavy atom. The Balaban J connectivity index is 1.86. The predicted molar refractivity (Wildman–Crippen MR) is 89.6 cm³/mol. The summed E-state index contributed by atoms with van der Waals surface area (Å²) in [6.45, 7) is 4.05. The Hall–Kier alpha value is -2.53. The smallest absolute Gasteiger partial charge is 0.181 e. The number of aryl methyl sites for hydroxylation is 1. The number of pyridine rings is 1. The second kappa shape index (κ2) is 5.93. The van der Waals surface area contributed by atoms with Crippen LogP contribution in [0.5, 0.6) is 0 Å². The second-order valence-corrected chi connectivity index (χ2v) is 5.92. The monoisotopic (exact) mass is 305 g/mol. The normalized spacial score (nSPS) is 17.5. The molecular formula is C18H19N5. The molecule has 0 radical (unpaired) electrons. The van der Waals surface area contributed by atoms with Crippen LogP contribution >= 0.6 is 0 Å². The van der Waals surface area contributed by atoms with Crippen molar-refractivity contribution in [2.45, 2.75) is 19.3 Å². The van der Waals surface area contributed by atoms with Crippen LogP contribution in [0.25, 0.3) is 17.1 Å². The molecule has 0 spiro atoms. The summed E-state index contributed by atoms with van der Waals surface area (Å²) in [6, 6.07) is 12.2. The van der Waals surface area contributed by atoms with Gasteiger partial charge in [0.15, 0.2) is 5.82 Å². The van der Waals surface area contributed by atoms with Gasteiger partial charge in [-0.15, -0.1) is 5.10 Å². The van der Waals surface area contributed by atoms with E-state index in [0.717, 1.165) is 48.0 Å². The lowest BCUT2D eigenvalue weighted by Gasteiger charge is -2.11. The fourth-order valence-electron chi connectivity index (χ4n) is 3.05. The molecular weight excluding hydrogens is 286 g/mol. The van der Waals surface area contributed by atoms with Crippen LogP contribution in [0.3, 0.4) is 0 Å². The molecule has 5 heteroatoms. The van der Waals surface area contributed by atoms with E-state index >= 15 is 0 Å². The van der Waals surface area contributed by atoms with E-state index in [1.54, 1.807) is 0 Å². The number of aromatic nitrogens is 4. The summed E-state index contributed by atoms with van der Waals surface area (Å²) in [5.74, 6) is 2.21. The average molecular weight is 305 g/mol. The first-order chi connectivity index (χ1) is 11.3. The summed E-state index contributed by atoms with van der Waals surface area (Å²) in [4.78, 5) is 9.06. The van der Waals surface area contributed by atoms with E-state index in [1.165, 1.54) is 0 Å². The van der Waals surface area contributed by atoms with Crippen molar-refractivity contribution >= 4 is 0 Å². The van der Waals surface area contributed by atoms with Crippen LogP contribution in [0.2, 0.25) is 0 Å². The van der Waals surface area contributed by atoms with Crippen molar-refractivity contribution in [3.8, 4) is 17.1 Å². The van der Waals surface area contributed by atoms with Crippen molar-refractivity contribution in [1.82, 2.24) is 25.1 Å². The van der Waals surface area contributed by atoms with Crippen LogP contribution in [-0.2, 0) is 0 Å². The van der Waals surface area contributed by atoms with Gasteiger partial charge in [-0.2, -0.15) is 0 Å². The van der Waals surface area contributed by atoms with Gasteiger partial charge in [0.2, 0.25) is 0 Å². The molecule has 0 amide bonds. The summed E-state index contributed by atoms with van der Waals surface area (Å²) >= 11 is 0. The molecule has 1 aromatic carbocycles. The largest absolute Gasteiger partial charge is 0.316 e. The van der Waals surface area contributed by atoms with Gasteiger partial charge in [-0.05, 0) is 31.5 Å². The molecule has 1 aliphatic heterocycles. The first-order valence-corrected chi connectivity index (χ1v) is 7.97. The Kier molecular flexibility index (Phi) is 3.63. The molecule has 23 heavy (non-hydrogen) atoms. The van der Waals surface area contributed by atoms with Crippen LogP contribution in [0, 0.1) is 6.92 Å². The molecule has 1 N–H and O–H groups in total. The quantitative estimate of drug-likeness (QED) is 0.808. The van der Waals surface area contributed by atoms with Gasteiger partial charge < -0.3 is 5.32 Å². The third-order valence-electron chi connectivity index (χ3n) is 4.31. The number of nitrogens with zero attached hydrogens (tertiary/aromatic N) is 4. The molecule has 1 fully saturated rings. The van der Waals surface area contributed by atoms with Gasteiger partial charge in [0, 0.05) is 30.4 Å². The van der Waals surface area contributed by atoms with Crippen molar-refractivity contribution in [3.63, 3.8) is 0 Å². The van der Waals surface area contributed by atoms with E-state index < -0.39 is 0 Å².